The van der Waals surface area contributed by atoms with Crippen molar-refractivity contribution in [2.45, 2.75) is 26.1 Å². The Labute approximate surface area is 226 Å². The lowest BCUT2D eigenvalue weighted by molar-refractivity contribution is 0.445. The Morgan fingerprint density at radius 3 is 2.65 bits per heavy atom. The molecule has 40 heavy (non-hydrogen) atoms. The summed E-state index contributed by atoms with van der Waals surface area (Å²) >= 11 is 0. The fraction of sp³-hybridized carbons (Fsp3) is 0.133. The van der Waals surface area contributed by atoms with E-state index in [0.717, 1.165) is 18.7 Å². The van der Waals surface area contributed by atoms with Gasteiger partial charge in [0, 0.05) is 18.7 Å². The Morgan fingerprint density at radius 2 is 1.80 bits per heavy atom. The number of nitrogens with zero attached hydrogens (tertiary/aromatic N) is 4. The van der Waals surface area contributed by atoms with E-state index in [0.29, 0.717) is 16.7 Å². The van der Waals surface area contributed by atoms with Gasteiger partial charge in [-0.3, -0.25) is 4.79 Å². The van der Waals surface area contributed by atoms with Gasteiger partial charge in [-0.2, -0.15) is 5.10 Å². The first-order valence-electron chi connectivity index (χ1n) is 12.7. The van der Waals surface area contributed by atoms with Gasteiger partial charge in [-0.05, 0) is 53.9 Å². The van der Waals surface area contributed by atoms with Gasteiger partial charge in [0.2, 0.25) is 5.43 Å². The number of halogens is 2. The van der Waals surface area contributed by atoms with Crippen LogP contribution < -0.4 is 16.5 Å². The number of hydrogen-bond donors (Lipinski definition) is 2. The van der Waals surface area contributed by atoms with Crippen LogP contribution in [-0.2, 0) is 13.1 Å². The zero-order chi connectivity index (χ0) is 27.5. The van der Waals surface area contributed by atoms with Crippen LogP contribution in [0.15, 0.2) is 76.2 Å². The van der Waals surface area contributed by atoms with Gasteiger partial charge < -0.3 is 15.5 Å². The molecule has 198 valence electrons. The second kappa shape index (κ2) is 9.06. The molecule has 0 saturated carbocycles. The third-order valence-electron chi connectivity index (χ3n) is 7.38. The summed E-state index contributed by atoms with van der Waals surface area (Å²) in [7, 11) is 0. The number of benzene rings is 3. The maximum Gasteiger partial charge on any atom is 0.203 e. The summed E-state index contributed by atoms with van der Waals surface area (Å²) in [5.41, 5.74) is 10.3. The first-order valence-corrected chi connectivity index (χ1v) is 12.7. The molecule has 1 atom stereocenters. The Balaban J connectivity index is 1.50. The lowest BCUT2D eigenvalue weighted by atomic mass is 9.99. The van der Waals surface area contributed by atoms with Crippen LogP contribution in [0.5, 0.6) is 0 Å². The molecule has 4 heterocycles. The molecule has 10 heteroatoms. The van der Waals surface area contributed by atoms with Crippen LogP contribution in [0.4, 0.5) is 14.6 Å². The fourth-order valence-corrected chi connectivity index (χ4v) is 5.45. The molecular weight excluding hydrogens is 514 g/mol. The van der Waals surface area contributed by atoms with Crippen LogP contribution in [-0.4, -0.2) is 19.7 Å². The average molecular weight is 537 g/mol. The van der Waals surface area contributed by atoms with Crippen molar-refractivity contribution in [1.29, 1.82) is 0 Å². The number of rotatable bonds is 4. The number of aromatic nitrogens is 4. The number of nitrogens with one attached hydrogen (secondary N) is 1. The zero-order valence-corrected chi connectivity index (χ0v) is 21.3. The number of anilines is 1. The number of fused-ring (bicyclic) bond motifs is 3. The van der Waals surface area contributed by atoms with E-state index >= 15 is 0 Å². The van der Waals surface area contributed by atoms with Gasteiger partial charge in [0.25, 0.3) is 0 Å². The van der Waals surface area contributed by atoms with Gasteiger partial charge >= 0.3 is 0 Å². The van der Waals surface area contributed by atoms with Crippen LogP contribution in [0.25, 0.3) is 44.4 Å². The molecule has 1 aliphatic rings. The Bertz CT molecular complexity index is 2030. The minimum Gasteiger partial charge on any atom is -0.458 e. The predicted octanol–water partition coefficient (Wildman–Crippen LogP) is 5.34. The number of hydrogen-bond acceptors (Lipinski definition) is 7. The molecule has 0 bridgehead atoms. The Hall–Kier alpha value is -4.96. The summed E-state index contributed by atoms with van der Waals surface area (Å²) in [6, 6.07) is 15.1. The molecule has 3 aromatic carbocycles. The minimum absolute atomic E-state index is 0.0421. The highest BCUT2D eigenvalue weighted by Gasteiger charge is 2.28. The zero-order valence-electron chi connectivity index (χ0n) is 21.3. The van der Waals surface area contributed by atoms with Crippen molar-refractivity contribution in [3.05, 3.63) is 106 Å². The van der Waals surface area contributed by atoms with E-state index in [9.17, 15) is 13.6 Å². The first kappa shape index (κ1) is 24.1. The molecule has 1 aliphatic heterocycles. The molecule has 0 fully saturated rings. The smallest absolute Gasteiger partial charge is 0.203 e. The van der Waals surface area contributed by atoms with Crippen molar-refractivity contribution in [1.82, 2.24) is 25.1 Å². The van der Waals surface area contributed by atoms with Gasteiger partial charge in [0.1, 0.15) is 52.2 Å². The highest BCUT2D eigenvalue weighted by Crippen LogP contribution is 2.37. The maximum atomic E-state index is 14.8. The molecule has 0 aliphatic carbocycles. The van der Waals surface area contributed by atoms with Crippen molar-refractivity contribution in [3.63, 3.8) is 0 Å². The van der Waals surface area contributed by atoms with E-state index in [2.05, 4.69) is 27.4 Å². The van der Waals surface area contributed by atoms with E-state index in [1.807, 2.05) is 6.07 Å². The van der Waals surface area contributed by atoms with Gasteiger partial charge in [0.05, 0.1) is 10.9 Å². The summed E-state index contributed by atoms with van der Waals surface area (Å²) in [6.45, 7) is 3.34. The molecule has 3 aromatic heterocycles. The van der Waals surface area contributed by atoms with Crippen LogP contribution in [0.2, 0.25) is 0 Å². The molecule has 3 N–H and O–H groups in total. The predicted molar refractivity (Wildman–Crippen MR) is 147 cm³/mol. The van der Waals surface area contributed by atoms with Gasteiger partial charge in [-0.15, -0.1) is 0 Å². The second-order valence-electron chi connectivity index (χ2n) is 9.81. The summed E-state index contributed by atoms with van der Waals surface area (Å²) < 4.78 is 37.0. The molecule has 1 unspecified atom stereocenters. The molecule has 0 saturated heterocycles. The quantitative estimate of drug-likeness (QED) is 0.313. The highest BCUT2D eigenvalue weighted by molar-refractivity contribution is 5.98. The molecule has 8 nitrogen and oxygen atoms in total. The van der Waals surface area contributed by atoms with Gasteiger partial charge in [0.15, 0.2) is 5.65 Å². The molecule has 0 amide bonds. The largest absolute Gasteiger partial charge is 0.458 e. The lowest BCUT2D eigenvalue weighted by Gasteiger charge is -2.17. The Kier molecular flexibility index (Phi) is 5.46. The van der Waals surface area contributed by atoms with Gasteiger partial charge in [-0.25, -0.2) is 23.4 Å². The summed E-state index contributed by atoms with van der Waals surface area (Å²) in [5, 5.41) is 8.60. The summed E-state index contributed by atoms with van der Waals surface area (Å²) in [5.74, 6) is -0.825. The third kappa shape index (κ3) is 3.68. The third-order valence-corrected chi connectivity index (χ3v) is 7.38. The van der Waals surface area contributed by atoms with Crippen LogP contribution in [0.3, 0.4) is 0 Å². The van der Waals surface area contributed by atoms with E-state index in [4.69, 9.17) is 15.2 Å². The topological polar surface area (TPSA) is 112 Å². The first-order chi connectivity index (χ1) is 19.4. The number of nitrogen functional groups attached to an aromatic ring is 1. The minimum atomic E-state index is -0.722. The molecular formula is C30H22F2N6O2. The van der Waals surface area contributed by atoms with E-state index in [-0.39, 0.29) is 33.7 Å². The normalized spacial score (nSPS) is 13.7. The lowest BCUT2D eigenvalue weighted by Crippen LogP contribution is -2.17. The fourth-order valence-electron chi connectivity index (χ4n) is 5.45. The van der Waals surface area contributed by atoms with Crippen LogP contribution >= 0.6 is 0 Å². The number of nitrogens with two attached hydrogens (primary N) is 1. The highest BCUT2D eigenvalue weighted by atomic mass is 19.1. The summed E-state index contributed by atoms with van der Waals surface area (Å²) in [6.07, 6.45) is 1.35. The molecule has 0 spiro atoms. The van der Waals surface area contributed by atoms with Crippen molar-refractivity contribution in [2.75, 3.05) is 5.73 Å². The van der Waals surface area contributed by atoms with E-state index in [1.54, 1.807) is 17.7 Å². The maximum absolute atomic E-state index is 14.8. The van der Waals surface area contributed by atoms with Crippen molar-refractivity contribution in [2.24, 2.45) is 0 Å². The van der Waals surface area contributed by atoms with Gasteiger partial charge in [-0.1, -0.05) is 30.3 Å². The molecule has 7 rings (SSSR count). The van der Waals surface area contributed by atoms with Crippen LogP contribution in [0.1, 0.15) is 29.9 Å². The van der Waals surface area contributed by atoms with Crippen molar-refractivity contribution < 1.29 is 13.2 Å². The molecule has 6 aromatic rings. The van der Waals surface area contributed by atoms with Crippen molar-refractivity contribution >= 4 is 27.8 Å². The Morgan fingerprint density at radius 1 is 0.975 bits per heavy atom. The summed E-state index contributed by atoms with van der Waals surface area (Å²) in [4.78, 5) is 22.4. The van der Waals surface area contributed by atoms with Crippen molar-refractivity contribution in [3.8, 4) is 22.4 Å². The van der Waals surface area contributed by atoms with Crippen LogP contribution in [0, 0.1) is 11.6 Å². The van der Waals surface area contributed by atoms with E-state index < -0.39 is 23.1 Å². The standard InChI is InChI=1S/C30H22F2N6O2/c1-15(28-23(16-4-2-5-20(31)11-16)27(39)24-21(32)6-3-7-22(24)40-28)38-30-25(29(33)35-14-36-30)26(37-38)17-8-9-18-12-34-13-19(18)10-17/h2-11,14-15,34H,12-13H2,1H3,(H2,33,35,36). The average Bonchev–Trinajstić information content (AvgIpc) is 3.57. The second-order valence-corrected chi connectivity index (χ2v) is 9.81. The SMILES string of the molecule is CC(c1oc2cccc(F)c2c(=O)c1-c1cccc(F)c1)n1nc(-c2ccc3c(c2)CNC3)c2c(N)ncnc21. The van der Waals surface area contributed by atoms with E-state index in [1.165, 1.54) is 53.9 Å². The monoisotopic (exact) mass is 536 g/mol. The molecule has 0 radical (unpaired) electrons.